The molecule has 70 valence electrons. The number of nitrogens with two attached hydrogens (primary N) is 1. The first-order valence-electron chi connectivity index (χ1n) is 4.31. The van der Waals surface area contributed by atoms with Gasteiger partial charge in [-0.1, -0.05) is 6.92 Å². The first kappa shape index (κ1) is 9.86. The third kappa shape index (κ3) is 2.38. The van der Waals surface area contributed by atoms with E-state index in [2.05, 4.69) is 11.8 Å². The molecule has 2 atom stereocenters. The fourth-order valence-electron chi connectivity index (χ4n) is 1.39. The van der Waals surface area contributed by atoms with Gasteiger partial charge in [-0.25, -0.2) is 0 Å². The van der Waals surface area contributed by atoms with E-state index in [-0.39, 0.29) is 11.9 Å². The summed E-state index contributed by atoms with van der Waals surface area (Å²) in [4.78, 5) is 2.28. The predicted octanol–water partition coefficient (Wildman–Crippen LogP) is 0.748. The maximum absolute atomic E-state index is 7.33. The number of hydrogen-bond acceptors (Lipinski definition) is 3. The number of hydrogen-bond donors (Lipinski definition) is 2. The molecule has 1 fully saturated rings. The minimum atomic E-state index is 0.119. The molecule has 1 aliphatic heterocycles. The standard InChI is InChI=1S/C8H17N3S/c1-6-5-11(3-4-12-6)7(2)8(9)10/h6-7H,3-5H2,1-2H3,(H3,9,10). The molecule has 2 unspecified atom stereocenters. The molecule has 1 rings (SSSR count). The molecule has 4 heteroatoms. The van der Waals surface area contributed by atoms with E-state index < -0.39 is 0 Å². The molecular weight excluding hydrogens is 170 g/mol. The zero-order valence-corrected chi connectivity index (χ0v) is 8.53. The maximum atomic E-state index is 7.33. The van der Waals surface area contributed by atoms with Crippen LogP contribution in [0.15, 0.2) is 0 Å². The highest BCUT2D eigenvalue weighted by Gasteiger charge is 2.22. The lowest BCUT2D eigenvalue weighted by atomic mass is 10.2. The molecule has 1 aliphatic rings. The van der Waals surface area contributed by atoms with Gasteiger partial charge < -0.3 is 5.73 Å². The lowest BCUT2D eigenvalue weighted by Crippen LogP contribution is -2.48. The van der Waals surface area contributed by atoms with Crippen molar-refractivity contribution in [3.63, 3.8) is 0 Å². The van der Waals surface area contributed by atoms with Gasteiger partial charge in [-0.15, -0.1) is 0 Å². The van der Waals surface area contributed by atoms with Crippen molar-refractivity contribution in [2.24, 2.45) is 5.73 Å². The van der Waals surface area contributed by atoms with E-state index in [1.54, 1.807) is 0 Å². The molecule has 0 amide bonds. The summed E-state index contributed by atoms with van der Waals surface area (Å²) in [6.45, 7) is 6.36. The first-order valence-corrected chi connectivity index (χ1v) is 5.35. The minimum absolute atomic E-state index is 0.119. The molecule has 12 heavy (non-hydrogen) atoms. The lowest BCUT2D eigenvalue weighted by molar-refractivity contribution is 0.263. The largest absolute Gasteiger partial charge is 0.386 e. The van der Waals surface area contributed by atoms with Crippen LogP contribution in [0.1, 0.15) is 13.8 Å². The number of nitrogens with one attached hydrogen (secondary N) is 1. The summed E-state index contributed by atoms with van der Waals surface area (Å²) in [7, 11) is 0. The van der Waals surface area contributed by atoms with Crippen molar-refractivity contribution in [2.45, 2.75) is 25.1 Å². The summed E-state index contributed by atoms with van der Waals surface area (Å²) >= 11 is 2.00. The van der Waals surface area contributed by atoms with Crippen LogP contribution in [0.3, 0.4) is 0 Å². The quantitative estimate of drug-likeness (QED) is 0.495. The van der Waals surface area contributed by atoms with E-state index in [4.69, 9.17) is 11.1 Å². The Bertz CT molecular complexity index is 172. The van der Waals surface area contributed by atoms with Gasteiger partial charge in [-0.2, -0.15) is 11.8 Å². The Labute approximate surface area is 78.2 Å². The highest BCUT2D eigenvalue weighted by atomic mass is 32.2. The van der Waals surface area contributed by atoms with Crippen LogP contribution in [0.2, 0.25) is 0 Å². The van der Waals surface area contributed by atoms with E-state index >= 15 is 0 Å². The number of rotatable bonds is 2. The van der Waals surface area contributed by atoms with E-state index in [9.17, 15) is 0 Å². The van der Waals surface area contributed by atoms with Crippen LogP contribution in [0.4, 0.5) is 0 Å². The third-order valence-electron chi connectivity index (χ3n) is 2.27. The maximum Gasteiger partial charge on any atom is 0.108 e. The second-order valence-electron chi connectivity index (χ2n) is 3.31. The van der Waals surface area contributed by atoms with Crippen LogP contribution >= 0.6 is 11.8 Å². The molecule has 3 nitrogen and oxygen atoms in total. The van der Waals surface area contributed by atoms with Crippen molar-refractivity contribution in [1.82, 2.24) is 4.90 Å². The highest BCUT2D eigenvalue weighted by molar-refractivity contribution is 7.99. The van der Waals surface area contributed by atoms with Crippen molar-refractivity contribution in [1.29, 1.82) is 5.41 Å². The molecule has 0 aromatic rings. The second-order valence-corrected chi connectivity index (χ2v) is 4.85. The van der Waals surface area contributed by atoms with Crippen molar-refractivity contribution < 1.29 is 0 Å². The average molecular weight is 187 g/mol. The molecule has 0 bridgehead atoms. The predicted molar refractivity (Wildman–Crippen MR) is 54.9 cm³/mol. The highest BCUT2D eigenvalue weighted by Crippen LogP contribution is 2.19. The summed E-state index contributed by atoms with van der Waals surface area (Å²) in [5.41, 5.74) is 5.45. The van der Waals surface area contributed by atoms with Gasteiger partial charge in [0.25, 0.3) is 0 Å². The molecule has 3 N–H and O–H groups in total. The monoisotopic (exact) mass is 187 g/mol. The normalized spacial score (nSPS) is 28.3. The van der Waals surface area contributed by atoms with Gasteiger partial charge in [0.15, 0.2) is 0 Å². The SMILES string of the molecule is CC1CN(C(C)C(=N)N)CCS1. The summed E-state index contributed by atoms with van der Waals surface area (Å²) < 4.78 is 0. The summed E-state index contributed by atoms with van der Waals surface area (Å²) in [5, 5.41) is 8.01. The van der Waals surface area contributed by atoms with Crippen LogP contribution in [0.25, 0.3) is 0 Å². The van der Waals surface area contributed by atoms with Crippen LogP contribution in [0, 0.1) is 5.41 Å². The Morgan fingerprint density at radius 2 is 2.42 bits per heavy atom. The molecule has 0 spiro atoms. The number of nitrogens with zero attached hydrogens (tertiary/aromatic N) is 1. The Balaban J connectivity index is 2.45. The fourth-order valence-corrected chi connectivity index (χ4v) is 2.43. The lowest BCUT2D eigenvalue weighted by Gasteiger charge is -2.34. The molecule has 0 aliphatic carbocycles. The van der Waals surface area contributed by atoms with Crippen molar-refractivity contribution >= 4 is 17.6 Å². The van der Waals surface area contributed by atoms with Crippen LogP contribution in [0.5, 0.6) is 0 Å². The van der Waals surface area contributed by atoms with Crippen LogP contribution in [-0.2, 0) is 0 Å². The van der Waals surface area contributed by atoms with Gasteiger partial charge in [-0.05, 0) is 6.92 Å². The van der Waals surface area contributed by atoms with Crippen molar-refractivity contribution in [3.8, 4) is 0 Å². The van der Waals surface area contributed by atoms with Gasteiger partial charge in [0.05, 0.1) is 6.04 Å². The molecular formula is C8H17N3S. The Morgan fingerprint density at radius 3 is 2.92 bits per heavy atom. The van der Waals surface area contributed by atoms with Crippen LogP contribution < -0.4 is 5.73 Å². The van der Waals surface area contributed by atoms with E-state index in [0.29, 0.717) is 5.25 Å². The zero-order valence-electron chi connectivity index (χ0n) is 7.71. The van der Waals surface area contributed by atoms with Gasteiger partial charge in [-0.3, -0.25) is 10.3 Å². The van der Waals surface area contributed by atoms with Crippen molar-refractivity contribution in [2.75, 3.05) is 18.8 Å². The summed E-state index contributed by atoms with van der Waals surface area (Å²) in [5.74, 6) is 1.45. The molecule has 0 radical (unpaired) electrons. The van der Waals surface area contributed by atoms with Crippen molar-refractivity contribution in [3.05, 3.63) is 0 Å². The molecule has 0 saturated carbocycles. The van der Waals surface area contributed by atoms with Gasteiger partial charge in [0, 0.05) is 24.1 Å². The number of amidine groups is 1. The second kappa shape index (κ2) is 4.14. The van der Waals surface area contributed by atoms with E-state index in [0.717, 1.165) is 13.1 Å². The summed E-state index contributed by atoms with van der Waals surface area (Å²) in [6, 6.07) is 0.119. The first-order chi connectivity index (χ1) is 5.61. The van der Waals surface area contributed by atoms with Gasteiger partial charge >= 0.3 is 0 Å². The van der Waals surface area contributed by atoms with Gasteiger partial charge in [0.1, 0.15) is 5.84 Å². The van der Waals surface area contributed by atoms with Gasteiger partial charge in [0.2, 0.25) is 0 Å². The van der Waals surface area contributed by atoms with E-state index in [1.165, 1.54) is 5.75 Å². The van der Waals surface area contributed by atoms with Crippen LogP contribution in [-0.4, -0.2) is 40.9 Å². The molecule has 1 saturated heterocycles. The fraction of sp³-hybridized carbons (Fsp3) is 0.875. The Kier molecular flexibility index (Phi) is 3.40. The minimum Gasteiger partial charge on any atom is -0.386 e. The number of thioether (sulfide) groups is 1. The Hall–Kier alpha value is -0.220. The smallest absolute Gasteiger partial charge is 0.108 e. The average Bonchev–Trinajstić information content (AvgIpc) is 2.03. The summed E-state index contributed by atoms with van der Waals surface area (Å²) in [6.07, 6.45) is 0. The molecule has 0 aromatic carbocycles. The molecule has 1 heterocycles. The Morgan fingerprint density at radius 1 is 1.75 bits per heavy atom. The zero-order chi connectivity index (χ0) is 9.14. The topological polar surface area (TPSA) is 53.1 Å². The third-order valence-corrected chi connectivity index (χ3v) is 3.41. The van der Waals surface area contributed by atoms with E-state index in [1.807, 2.05) is 18.7 Å². The molecule has 0 aromatic heterocycles.